The Bertz CT molecular complexity index is 509. The first kappa shape index (κ1) is 12.1. The Kier molecular flexibility index (Phi) is 3.91. The zero-order valence-electron chi connectivity index (χ0n) is 9.84. The third-order valence-corrected chi connectivity index (χ3v) is 2.64. The minimum Gasteiger partial charge on any atom is -0.465 e. The fourth-order valence-electron chi connectivity index (χ4n) is 1.71. The maximum atomic E-state index is 10.3. The normalized spacial score (nSPS) is 10.0. The molecule has 2 N–H and O–H groups in total. The monoisotopic (exact) mass is 242 g/mol. The van der Waals surface area contributed by atoms with Crippen molar-refractivity contribution in [1.29, 1.82) is 0 Å². The van der Waals surface area contributed by atoms with Gasteiger partial charge in [0.25, 0.3) is 0 Å². The first-order valence-corrected chi connectivity index (χ1v) is 5.72. The minimum atomic E-state index is -0.984. The molecule has 18 heavy (non-hydrogen) atoms. The van der Waals surface area contributed by atoms with Crippen LogP contribution in [0.2, 0.25) is 0 Å². The highest BCUT2D eigenvalue weighted by atomic mass is 16.4. The number of carbonyl (C=O) groups is 1. The first-order valence-electron chi connectivity index (χ1n) is 5.72. The van der Waals surface area contributed by atoms with E-state index in [1.165, 1.54) is 0 Å². The van der Waals surface area contributed by atoms with Crippen molar-refractivity contribution < 1.29 is 9.90 Å². The summed E-state index contributed by atoms with van der Waals surface area (Å²) in [4.78, 5) is 14.4. The lowest BCUT2D eigenvalue weighted by Gasteiger charge is -2.04. The van der Waals surface area contributed by atoms with E-state index in [0.29, 0.717) is 13.0 Å². The van der Waals surface area contributed by atoms with Crippen molar-refractivity contribution in [3.63, 3.8) is 0 Å². The van der Waals surface area contributed by atoms with Crippen LogP contribution in [0.15, 0.2) is 48.8 Å². The first-order chi connectivity index (χ1) is 8.75. The van der Waals surface area contributed by atoms with Crippen LogP contribution in [0.5, 0.6) is 0 Å². The van der Waals surface area contributed by atoms with Crippen LogP contribution in [-0.4, -0.2) is 22.7 Å². The van der Waals surface area contributed by atoms with Gasteiger partial charge in [-0.25, -0.2) is 4.79 Å². The van der Waals surface area contributed by atoms with Crippen LogP contribution in [0.1, 0.15) is 5.56 Å². The maximum absolute atomic E-state index is 10.3. The molecule has 0 spiro atoms. The number of hydrogen-bond acceptors (Lipinski definition) is 2. The standard InChI is InChI=1S/C14H14N2O2/c17-14(18)16-9-7-11-3-5-12(6-4-11)13-2-1-8-15-10-13/h1-6,8,10,16H,7,9H2,(H,17,18). The number of aromatic nitrogens is 1. The summed E-state index contributed by atoms with van der Waals surface area (Å²) in [6, 6.07) is 12.0. The van der Waals surface area contributed by atoms with Crippen LogP contribution in [0, 0.1) is 0 Å². The van der Waals surface area contributed by atoms with Crippen molar-refractivity contribution in [3.05, 3.63) is 54.4 Å². The molecule has 0 unspecified atom stereocenters. The lowest BCUT2D eigenvalue weighted by Crippen LogP contribution is -2.23. The van der Waals surface area contributed by atoms with Gasteiger partial charge in [-0.05, 0) is 29.2 Å². The highest BCUT2D eigenvalue weighted by Gasteiger charge is 1.99. The number of benzene rings is 1. The lowest BCUT2D eigenvalue weighted by molar-refractivity contribution is 0.194. The van der Waals surface area contributed by atoms with Crippen LogP contribution in [0.25, 0.3) is 11.1 Å². The Hall–Kier alpha value is -2.36. The van der Waals surface area contributed by atoms with Crippen LogP contribution < -0.4 is 5.32 Å². The molecule has 0 bridgehead atoms. The Morgan fingerprint density at radius 2 is 1.94 bits per heavy atom. The zero-order chi connectivity index (χ0) is 12.8. The summed E-state index contributed by atoms with van der Waals surface area (Å²) in [6.45, 7) is 0.432. The van der Waals surface area contributed by atoms with Crippen LogP contribution in [-0.2, 0) is 6.42 Å². The second kappa shape index (κ2) is 5.82. The summed E-state index contributed by atoms with van der Waals surface area (Å²) in [5, 5.41) is 10.8. The van der Waals surface area contributed by atoms with Gasteiger partial charge in [0.05, 0.1) is 0 Å². The Balaban J connectivity index is 2.00. The van der Waals surface area contributed by atoms with E-state index < -0.39 is 6.09 Å². The predicted molar refractivity (Wildman–Crippen MR) is 69.4 cm³/mol. The smallest absolute Gasteiger partial charge is 0.404 e. The van der Waals surface area contributed by atoms with E-state index in [4.69, 9.17) is 5.11 Å². The van der Waals surface area contributed by atoms with Crippen molar-refractivity contribution in [2.75, 3.05) is 6.54 Å². The topological polar surface area (TPSA) is 62.2 Å². The average molecular weight is 242 g/mol. The molecule has 2 aromatic rings. The summed E-state index contributed by atoms with van der Waals surface area (Å²) in [6.07, 6.45) is 3.28. The molecule has 92 valence electrons. The predicted octanol–water partition coefficient (Wildman–Crippen LogP) is 2.56. The maximum Gasteiger partial charge on any atom is 0.404 e. The van der Waals surface area contributed by atoms with Gasteiger partial charge < -0.3 is 10.4 Å². The Labute approximate surface area is 105 Å². The molecule has 0 saturated heterocycles. The van der Waals surface area contributed by atoms with Gasteiger partial charge in [0.1, 0.15) is 0 Å². The molecule has 0 radical (unpaired) electrons. The molecule has 4 heteroatoms. The quantitative estimate of drug-likeness (QED) is 0.866. The van der Waals surface area contributed by atoms with Crippen molar-refractivity contribution >= 4 is 6.09 Å². The summed E-state index contributed by atoms with van der Waals surface area (Å²) in [7, 11) is 0. The summed E-state index contributed by atoms with van der Waals surface area (Å²) < 4.78 is 0. The van der Waals surface area contributed by atoms with Gasteiger partial charge in [-0.15, -0.1) is 0 Å². The highest BCUT2D eigenvalue weighted by Crippen LogP contribution is 2.18. The molecule has 0 atom stereocenters. The van der Waals surface area contributed by atoms with Gasteiger partial charge >= 0.3 is 6.09 Å². The second-order valence-electron chi connectivity index (χ2n) is 3.92. The summed E-state index contributed by atoms with van der Waals surface area (Å²) in [5.41, 5.74) is 3.29. The van der Waals surface area contributed by atoms with Gasteiger partial charge in [-0.1, -0.05) is 30.3 Å². The van der Waals surface area contributed by atoms with Crippen LogP contribution in [0.4, 0.5) is 4.79 Å². The highest BCUT2D eigenvalue weighted by molar-refractivity contribution is 5.64. The van der Waals surface area contributed by atoms with E-state index in [9.17, 15) is 4.79 Å². The molecule has 2 rings (SSSR count). The number of nitrogens with zero attached hydrogens (tertiary/aromatic N) is 1. The molecule has 0 aliphatic rings. The fourth-order valence-corrected chi connectivity index (χ4v) is 1.71. The van der Waals surface area contributed by atoms with Gasteiger partial charge in [0.15, 0.2) is 0 Å². The largest absolute Gasteiger partial charge is 0.465 e. The second-order valence-corrected chi connectivity index (χ2v) is 3.92. The third-order valence-electron chi connectivity index (χ3n) is 2.64. The molecular formula is C14H14N2O2. The van der Waals surface area contributed by atoms with Gasteiger partial charge in [0, 0.05) is 18.9 Å². The Morgan fingerprint density at radius 1 is 1.17 bits per heavy atom. The van der Waals surface area contributed by atoms with Crippen molar-refractivity contribution in [3.8, 4) is 11.1 Å². The number of carboxylic acid groups (broad SMARTS) is 1. The van der Waals surface area contributed by atoms with E-state index in [0.717, 1.165) is 16.7 Å². The van der Waals surface area contributed by atoms with E-state index in [1.54, 1.807) is 6.20 Å². The summed E-state index contributed by atoms with van der Waals surface area (Å²) >= 11 is 0. The molecule has 1 amide bonds. The van der Waals surface area contributed by atoms with Crippen LogP contribution >= 0.6 is 0 Å². The number of rotatable bonds is 4. The van der Waals surface area contributed by atoms with Crippen molar-refractivity contribution in [2.24, 2.45) is 0 Å². The van der Waals surface area contributed by atoms with Gasteiger partial charge in [0.2, 0.25) is 0 Å². The van der Waals surface area contributed by atoms with Crippen molar-refractivity contribution in [1.82, 2.24) is 10.3 Å². The molecule has 0 aliphatic carbocycles. The van der Waals surface area contributed by atoms with Crippen molar-refractivity contribution in [2.45, 2.75) is 6.42 Å². The molecule has 0 saturated carbocycles. The van der Waals surface area contributed by atoms with E-state index in [-0.39, 0.29) is 0 Å². The Morgan fingerprint density at radius 3 is 2.56 bits per heavy atom. The number of hydrogen-bond donors (Lipinski definition) is 2. The van der Waals surface area contributed by atoms with E-state index in [1.807, 2.05) is 42.6 Å². The summed E-state index contributed by atoms with van der Waals surface area (Å²) in [5.74, 6) is 0. The molecule has 0 fully saturated rings. The molecule has 1 aromatic carbocycles. The minimum absolute atomic E-state index is 0.432. The lowest BCUT2D eigenvalue weighted by atomic mass is 10.0. The number of pyridine rings is 1. The molecule has 1 heterocycles. The zero-order valence-corrected chi connectivity index (χ0v) is 9.84. The third kappa shape index (κ3) is 3.31. The molecule has 4 nitrogen and oxygen atoms in total. The van der Waals surface area contributed by atoms with Gasteiger partial charge in [-0.3, -0.25) is 4.98 Å². The van der Waals surface area contributed by atoms with Crippen LogP contribution in [0.3, 0.4) is 0 Å². The van der Waals surface area contributed by atoms with Gasteiger partial charge in [-0.2, -0.15) is 0 Å². The fraction of sp³-hybridized carbons (Fsp3) is 0.143. The average Bonchev–Trinajstić information content (AvgIpc) is 2.40. The van der Waals surface area contributed by atoms with E-state index >= 15 is 0 Å². The van der Waals surface area contributed by atoms with E-state index in [2.05, 4.69) is 10.3 Å². The molecule has 1 aromatic heterocycles. The molecule has 0 aliphatic heterocycles. The molecular weight excluding hydrogens is 228 g/mol. The SMILES string of the molecule is O=C(O)NCCc1ccc(-c2cccnc2)cc1. The number of amides is 1. The number of nitrogens with one attached hydrogen (secondary N) is 1.